The van der Waals surface area contributed by atoms with Crippen LogP contribution in [0.4, 0.5) is 0 Å². The van der Waals surface area contributed by atoms with Crippen LogP contribution in [0.15, 0.2) is 53.9 Å². The Morgan fingerprint density at radius 3 is 2.60 bits per heavy atom. The van der Waals surface area contributed by atoms with Gasteiger partial charge in [0, 0.05) is 23.5 Å². The summed E-state index contributed by atoms with van der Waals surface area (Å²) in [4.78, 5) is 32.2. The van der Waals surface area contributed by atoms with Gasteiger partial charge in [0.25, 0.3) is 5.91 Å². The summed E-state index contributed by atoms with van der Waals surface area (Å²) < 4.78 is 0. The maximum Gasteiger partial charge on any atom is 0.254 e. The van der Waals surface area contributed by atoms with Crippen LogP contribution >= 0.6 is 34.5 Å². The summed E-state index contributed by atoms with van der Waals surface area (Å²) in [5.74, 6) is -0.242. The van der Waals surface area contributed by atoms with Gasteiger partial charge in [-0.3, -0.25) is 9.59 Å². The fourth-order valence-electron chi connectivity index (χ4n) is 4.68. The van der Waals surface area contributed by atoms with Gasteiger partial charge in [-0.15, -0.1) is 11.3 Å². The number of carbonyl (C=O) groups excluding carboxylic acids is 2. The van der Waals surface area contributed by atoms with E-state index in [0.29, 0.717) is 28.7 Å². The Balaban J connectivity index is 1.62. The molecule has 0 spiro atoms. The molecule has 2 heterocycles. The van der Waals surface area contributed by atoms with Crippen molar-refractivity contribution in [2.24, 2.45) is 0 Å². The monoisotopic (exact) mass is 528 g/mol. The fraction of sp³-hybridized carbons (Fsp3) is 0.357. The molecule has 2 amide bonds. The first-order valence-corrected chi connectivity index (χ1v) is 13.7. The Morgan fingerprint density at radius 1 is 1.06 bits per heavy atom. The maximum atomic E-state index is 13.8. The zero-order chi connectivity index (χ0) is 24.9. The third-order valence-corrected chi connectivity index (χ3v) is 8.32. The van der Waals surface area contributed by atoms with Crippen LogP contribution in [0, 0.1) is 6.92 Å². The van der Waals surface area contributed by atoms with Crippen LogP contribution in [0.5, 0.6) is 0 Å². The van der Waals surface area contributed by atoms with Gasteiger partial charge in [-0.25, -0.2) is 0 Å². The number of aryl methyl sites for hydroxylation is 1. The van der Waals surface area contributed by atoms with Crippen molar-refractivity contribution in [3.8, 4) is 0 Å². The third-order valence-electron chi connectivity index (χ3n) is 6.58. The van der Waals surface area contributed by atoms with E-state index in [-0.39, 0.29) is 24.4 Å². The molecule has 4 nitrogen and oxygen atoms in total. The zero-order valence-electron chi connectivity index (χ0n) is 20.1. The van der Waals surface area contributed by atoms with Gasteiger partial charge in [-0.05, 0) is 66.1 Å². The van der Waals surface area contributed by atoms with Crippen LogP contribution < -0.4 is 0 Å². The second kappa shape index (κ2) is 11.6. The topological polar surface area (TPSA) is 40.6 Å². The van der Waals surface area contributed by atoms with E-state index >= 15 is 0 Å². The van der Waals surface area contributed by atoms with E-state index in [4.69, 9.17) is 23.2 Å². The molecule has 35 heavy (non-hydrogen) atoms. The van der Waals surface area contributed by atoms with Gasteiger partial charge in [-0.2, -0.15) is 0 Å². The van der Waals surface area contributed by atoms with Gasteiger partial charge in [0.1, 0.15) is 6.54 Å². The fourth-order valence-corrected chi connectivity index (χ4v) is 5.89. The van der Waals surface area contributed by atoms with E-state index in [9.17, 15) is 9.59 Å². The molecular weight excluding hydrogens is 499 g/mol. The van der Waals surface area contributed by atoms with Crippen LogP contribution in [-0.2, 0) is 11.2 Å². The second-order valence-corrected chi connectivity index (χ2v) is 10.8. The zero-order valence-corrected chi connectivity index (χ0v) is 22.4. The first-order chi connectivity index (χ1) is 16.9. The molecule has 2 aromatic carbocycles. The normalized spacial score (nSPS) is 15.1. The Morgan fingerprint density at radius 2 is 1.86 bits per heavy atom. The molecule has 0 fully saturated rings. The predicted molar refractivity (Wildman–Crippen MR) is 145 cm³/mol. The average Bonchev–Trinajstić information content (AvgIpc) is 3.33. The molecule has 1 aliphatic rings. The third kappa shape index (κ3) is 5.74. The number of fused-ring (bicyclic) bond motifs is 1. The van der Waals surface area contributed by atoms with Gasteiger partial charge < -0.3 is 9.80 Å². The van der Waals surface area contributed by atoms with E-state index in [2.05, 4.69) is 37.4 Å². The van der Waals surface area contributed by atoms with Crippen molar-refractivity contribution in [3.05, 3.63) is 91.1 Å². The highest BCUT2D eigenvalue weighted by molar-refractivity contribution is 7.10. The average molecular weight is 530 g/mol. The Labute approximate surface area is 221 Å². The lowest BCUT2D eigenvalue weighted by molar-refractivity contribution is -0.134. The smallest absolute Gasteiger partial charge is 0.254 e. The largest absolute Gasteiger partial charge is 0.330 e. The van der Waals surface area contributed by atoms with Crippen molar-refractivity contribution in [1.82, 2.24) is 9.80 Å². The first kappa shape index (κ1) is 25.7. The van der Waals surface area contributed by atoms with Gasteiger partial charge in [0.2, 0.25) is 5.91 Å². The quantitative estimate of drug-likeness (QED) is 0.290. The molecule has 1 atom stereocenters. The Hall–Kier alpha value is -2.34. The van der Waals surface area contributed by atoms with E-state index < -0.39 is 0 Å². The summed E-state index contributed by atoms with van der Waals surface area (Å²) in [6.07, 6.45) is 3.70. The Kier molecular flexibility index (Phi) is 8.53. The van der Waals surface area contributed by atoms with E-state index in [0.717, 1.165) is 36.8 Å². The number of nitrogens with zero attached hydrogens (tertiary/aromatic N) is 2. The molecule has 1 unspecified atom stereocenters. The maximum absolute atomic E-state index is 13.8. The number of thiophene rings is 1. The van der Waals surface area contributed by atoms with Crippen LogP contribution in [0.3, 0.4) is 0 Å². The molecule has 0 N–H and O–H groups in total. The summed E-state index contributed by atoms with van der Waals surface area (Å²) in [5.41, 5.74) is 3.92. The lowest BCUT2D eigenvalue weighted by atomic mass is 9.90. The summed E-state index contributed by atoms with van der Waals surface area (Å²) in [5, 5.41) is 2.84. The molecule has 0 bridgehead atoms. The van der Waals surface area contributed by atoms with Crippen LogP contribution in [0.2, 0.25) is 10.0 Å². The van der Waals surface area contributed by atoms with Crippen molar-refractivity contribution in [1.29, 1.82) is 0 Å². The number of amides is 2. The van der Waals surface area contributed by atoms with Gasteiger partial charge in [-0.1, -0.05) is 67.2 Å². The van der Waals surface area contributed by atoms with Crippen molar-refractivity contribution in [3.63, 3.8) is 0 Å². The number of rotatable bonds is 8. The molecule has 4 rings (SSSR count). The minimum absolute atomic E-state index is 0.0324. The minimum atomic E-state index is -0.200. The standard InChI is InChI=1S/C28H30Cl2N2O2S/c1-3-4-7-14-31(28(34)20-10-11-23(29)24(30)17-20)18-26(33)32-15-12-25-22(13-16-35-25)27(32)21-9-6-5-8-19(21)2/h5-6,8-11,13,16-17,27H,3-4,7,12,14-15,18H2,1-2H3. The summed E-state index contributed by atoms with van der Waals surface area (Å²) in [6.45, 7) is 5.39. The molecule has 1 aromatic heterocycles. The first-order valence-electron chi connectivity index (χ1n) is 12.1. The molecule has 0 saturated carbocycles. The highest BCUT2D eigenvalue weighted by atomic mass is 35.5. The van der Waals surface area contributed by atoms with E-state index in [1.54, 1.807) is 34.4 Å². The molecular formula is C28H30Cl2N2O2S. The molecule has 7 heteroatoms. The summed E-state index contributed by atoms with van der Waals surface area (Å²) in [6, 6.07) is 15.1. The molecule has 0 saturated heterocycles. The van der Waals surface area contributed by atoms with E-state index in [1.807, 2.05) is 17.0 Å². The highest BCUT2D eigenvalue weighted by Crippen LogP contribution is 2.39. The van der Waals surface area contributed by atoms with Crippen molar-refractivity contribution in [2.75, 3.05) is 19.6 Å². The van der Waals surface area contributed by atoms with Gasteiger partial charge >= 0.3 is 0 Å². The SMILES string of the molecule is CCCCCN(CC(=O)N1CCc2sccc2C1c1ccccc1C)C(=O)c1ccc(Cl)c(Cl)c1. The highest BCUT2D eigenvalue weighted by Gasteiger charge is 2.34. The summed E-state index contributed by atoms with van der Waals surface area (Å²) in [7, 11) is 0. The van der Waals surface area contributed by atoms with Crippen LogP contribution in [0.1, 0.15) is 64.2 Å². The molecule has 0 aliphatic carbocycles. The van der Waals surface area contributed by atoms with Crippen molar-refractivity contribution >= 4 is 46.4 Å². The molecule has 184 valence electrons. The molecule has 3 aromatic rings. The van der Waals surface area contributed by atoms with Crippen molar-refractivity contribution in [2.45, 2.75) is 45.6 Å². The second-order valence-electron chi connectivity index (χ2n) is 8.96. The number of carbonyl (C=O) groups is 2. The number of hydrogen-bond acceptors (Lipinski definition) is 3. The van der Waals surface area contributed by atoms with E-state index in [1.165, 1.54) is 10.4 Å². The predicted octanol–water partition coefficient (Wildman–Crippen LogP) is 7.17. The van der Waals surface area contributed by atoms with Crippen LogP contribution in [-0.4, -0.2) is 41.2 Å². The lowest BCUT2D eigenvalue weighted by Gasteiger charge is -2.38. The number of benzene rings is 2. The number of unbranched alkanes of at least 4 members (excludes halogenated alkanes) is 2. The van der Waals surface area contributed by atoms with Gasteiger partial charge in [0.05, 0.1) is 16.1 Å². The lowest BCUT2D eigenvalue weighted by Crippen LogP contribution is -2.47. The molecule has 1 aliphatic heterocycles. The van der Waals surface area contributed by atoms with Crippen molar-refractivity contribution < 1.29 is 9.59 Å². The minimum Gasteiger partial charge on any atom is -0.330 e. The molecule has 0 radical (unpaired) electrons. The van der Waals surface area contributed by atoms with Gasteiger partial charge in [0.15, 0.2) is 0 Å². The number of hydrogen-bond donors (Lipinski definition) is 0. The summed E-state index contributed by atoms with van der Waals surface area (Å²) >= 11 is 14.0. The van der Waals surface area contributed by atoms with Crippen LogP contribution in [0.25, 0.3) is 0 Å². The number of halogens is 2. The Bertz CT molecular complexity index is 1210.